The zero-order valence-corrected chi connectivity index (χ0v) is 18.6. The van der Waals surface area contributed by atoms with E-state index in [4.69, 9.17) is 17.0 Å². The number of amides is 1. The van der Waals surface area contributed by atoms with Crippen LogP contribution in [0, 0.1) is 6.92 Å². The van der Waals surface area contributed by atoms with Crippen LogP contribution in [0.5, 0.6) is 5.75 Å². The second-order valence-electron chi connectivity index (χ2n) is 6.73. The number of nitrogens with one attached hydrogen (secondary N) is 2. The third-order valence-electron chi connectivity index (χ3n) is 3.93. The number of benzene rings is 2. The van der Waals surface area contributed by atoms with Gasteiger partial charge in [0.2, 0.25) is 5.16 Å². The molecule has 7 nitrogen and oxygen atoms in total. The summed E-state index contributed by atoms with van der Waals surface area (Å²) in [6.07, 6.45) is 0.0717. The van der Waals surface area contributed by atoms with Crippen molar-refractivity contribution in [3.05, 3.63) is 71.5 Å². The standard InChI is InChI=1S/C21H23N5O2S2/c1-14(2)28-18-11-9-17(10-12-18)19(27)22-20(29)25-26-15(3)23-24-21(26)30-13-16-7-5-4-6-8-16/h4-12,14H,13H2,1-3H3,(H2,22,25,27,29). The van der Waals surface area contributed by atoms with Gasteiger partial charge in [-0.25, -0.2) is 4.68 Å². The van der Waals surface area contributed by atoms with Crippen molar-refractivity contribution in [1.29, 1.82) is 0 Å². The fourth-order valence-corrected chi connectivity index (χ4v) is 3.63. The molecule has 156 valence electrons. The van der Waals surface area contributed by atoms with Gasteiger partial charge < -0.3 is 4.74 Å². The first-order valence-electron chi connectivity index (χ1n) is 9.40. The predicted molar refractivity (Wildman–Crippen MR) is 122 cm³/mol. The van der Waals surface area contributed by atoms with E-state index in [9.17, 15) is 4.79 Å². The van der Waals surface area contributed by atoms with Crippen molar-refractivity contribution < 1.29 is 9.53 Å². The molecule has 0 saturated carbocycles. The molecular weight excluding hydrogens is 418 g/mol. The van der Waals surface area contributed by atoms with Gasteiger partial charge in [0.25, 0.3) is 5.91 Å². The molecule has 0 radical (unpaired) electrons. The van der Waals surface area contributed by atoms with Crippen molar-refractivity contribution in [2.45, 2.75) is 37.8 Å². The van der Waals surface area contributed by atoms with Crippen molar-refractivity contribution in [2.75, 3.05) is 5.43 Å². The Balaban J connectivity index is 1.59. The molecule has 0 atom stereocenters. The molecule has 3 rings (SSSR count). The van der Waals surface area contributed by atoms with Gasteiger partial charge in [-0.15, -0.1) is 10.2 Å². The van der Waals surface area contributed by atoms with Crippen molar-refractivity contribution in [2.24, 2.45) is 0 Å². The number of aryl methyl sites for hydroxylation is 1. The molecule has 30 heavy (non-hydrogen) atoms. The number of carbonyl (C=O) groups excluding carboxylic acids is 1. The molecule has 1 amide bonds. The Hall–Kier alpha value is -2.91. The third-order valence-corrected chi connectivity index (χ3v) is 5.13. The lowest BCUT2D eigenvalue weighted by Gasteiger charge is -2.13. The minimum atomic E-state index is -0.312. The summed E-state index contributed by atoms with van der Waals surface area (Å²) in [5.74, 6) is 1.78. The van der Waals surface area contributed by atoms with Gasteiger partial charge in [0.15, 0.2) is 5.11 Å². The third kappa shape index (κ3) is 6.04. The van der Waals surface area contributed by atoms with E-state index in [2.05, 4.69) is 33.1 Å². The van der Waals surface area contributed by atoms with E-state index in [-0.39, 0.29) is 17.1 Å². The van der Waals surface area contributed by atoms with E-state index in [1.807, 2.05) is 39.0 Å². The van der Waals surface area contributed by atoms with E-state index in [0.29, 0.717) is 22.3 Å². The van der Waals surface area contributed by atoms with Crippen LogP contribution < -0.4 is 15.5 Å². The maximum absolute atomic E-state index is 12.5. The molecule has 0 aliphatic heterocycles. The fraction of sp³-hybridized carbons (Fsp3) is 0.238. The molecule has 0 aliphatic carbocycles. The highest BCUT2D eigenvalue weighted by Gasteiger charge is 2.13. The number of nitrogens with zero attached hydrogens (tertiary/aromatic N) is 3. The van der Waals surface area contributed by atoms with Crippen molar-refractivity contribution >= 4 is 35.0 Å². The summed E-state index contributed by atoms with van der Waals surface area (Å²) in [5, 5.41) is 11.8. The molecule has 0 fully saturated rings. The number of aromatic nitrogens is 3. The number of thioether (sulfide) groups is 1. The number of carbonyl (C=O) groups is 1. The summed E-state index contributed by atoms with van der Waals surface area (Å²) in [4.78, 5) is 12.5. The lowest BCUT2D eigenvalue weighted by molar-refractivity contribution is 0.0977. The Morgan fingerprint density at radius 2 is 1.83 bits per heavy atom. The van der Waals surface area contributed by atoms with Crippen LogP contribution in [-0.4, -0.2) is 32.0 Å². The minimum absolute atomic E-state index is 0.0717. The van der Waals surface area contributed by atoms with Crippen LogP contribution in [0.3, 0.4) is 0 Å². The van der Waals surface area contributed by atoms with E-state index in [1.165, 1.54) is 17.3 Å². The van der Waals surface area contributed by atoms with Crippen molar-refractivity contribution in [3.63, 3.8) is 0 Å². The van der Waals surface area contributed by atoms with Crippen LogP contribution in [-0.2, 0) is 5.75 Å². The second kappa shape index (κ2) is 10.2. The molecule has 0 aliphatic rings. The summed E-state index contributed by atoms with van der Waals surface area (Å²) in [6, 6.07) is 17.0. The maximum atomic E-state index is 12.5. The SMILES string of the molecule is Cc1nnc(SCc2ccccc2)n1NC(=S)NC(=O)c1ccc(OC(C)C)cc1. The van der Waals surface area contributed by atoms with Gasteiger partial charge in [-0.05, 0) is 62.8 Å². The normalized spacial score (nSPS) is 10.7. The van der Waals surface area contributed by atoms with Crippen LogP contribution in [0.4, 0.5) is 0 Å². The maximum Gasteiger partial charge on any atom is 0.257 e. The number of thiocarbonyl (C=S) groups is 1. The average Bonchev–Trinajstić information content (AvgIpc) is 3.06. The van der Waals surface area contributed by atoms with Gasteiger partial charge in [-0.2, -0.15) is 0 Å². The summed E-state index contributed by atoms with van der Waals surface area (Å²) < 4.78 is 7.25. The van der Waals surface area contributed by atoms with Gasteiger partial charge in [-0.3, -0.25) is 15.5 Å². The fourth-order valence-electron chi connectivity index (χ4n) is 2.55. The summed E-state index contributed by atoms with van der Waals surface area (Å²) in [6.45, 7) is 5.71. The van der Waals surface area contributed by atoms with Crippen molar-refractivity contribution in [3.8, 4) is 5.75 Å². The molecule has 1 aromatic heterocycles. The second-order valence-corrected chi connectivity index (χ2v) is 8.08. The predicted octanol–water partition coefficient (Wildman–Crippen LogP) is 3.92. The first-order chi connectivity index (χ1) is 14.4. The Labute approximate surface area is 185 Å². The Kier molecular flexibility index (Phi) is 7.42. The average molecular weight is 442 g/mol. The molecule has 3 aromatic rings. The molecule has 2 N–H and O–H groups in total. The van der Waals surface area contributed by atoms with Gasteiger partial charge >= 0.3 is 0 Å². The number of ether oxygens (including phenoxy) is 1. The highest BCUT2D eigenvalue weighted by atomic mass is 32.2. The molecule has 1 heterocycles. The molecule has 9 heteroatoms. The molecule has 0 spiro atoms. The lowest BCUT2D eigenvalue weighted by atomic mass is 10.2. The smallest absolute Gasteiger partial charge is 0.257 e. The van der Waals surface area contributed by atoms with E-state index < -0.39 is 0 Å². The topological polar surface area (TPSA) is 81.1 Å². The molecule has 0 bridgehead atoms. The zero-order valence-electron chi connectivity index (χ0n) is 17.0. The largest absolute Gasteiger partial charge is 0.491 e. The number of rotatable bonds is 7. The van der Waals surface area contributed by atoms with E-state index in [1.54, 1.807) is 28.9 Å². The highest BCUT2D eigenvalue weighted by molar-refractivity contribution is 7.98. The van der Waals surface area contributed by atoms with Crippen LogP contribution in [0.25, 0.3) is 0 Å². The quantitative estimate of drug-likeness (QED) is 0.425. The molecule has 2 aromatic carbocycles. The molecule has 0 unspecified atom stereocenters. The lowest BCUT2D eigenvalue weighted by Crippen LogP contribution is -2.38. The van der Waals surface area contributed by atoms with Gasteiger partial charge in [0.1, 0.15) is 11.6 Å². The van der Waals surface area contributed by atoms with E-state index >= 15 is 0 Å². The first-order valence-corrected chi connectivity index (χ1v) is 10.8. The minimum Gasteiger partial charge on any atom is -0.491 e. The van der Waals surface area contributed by atoms with Crippen LogP contribution in [0.1, 0.15) is 35.6 Å². The molecular formula is C21H23N5O2S2. The van der Waals surface area contributed by atoms with Gasteiger partial charge in [0, 0.05) is 11.3 Å². The van der Waals surface area contributed by atoms with E-state index in [0.717, 1.165) is 5.75 Å². The highest BCUT2D eigenvalue weighted by Crippen LogP contribution is 2.20. The van der Waals surface area contributed by atoms with Crippen molar-refractivity contribution in [1.82, 2.24) is 20.2 Å². The summed E-state index contributed by atoms with van der Waals surface area (Å²) >= 11 is 6.83. The zero-order chi connectivity index (χ0) is 21.5. The monoisotopic (exact) mass is 441 g/mol. The first kappa shape index (κ1) is 21.8. The molecule has 0 saturated heterocycles. The van der Waals surface area contributed by atoms with Crippen LogP contribution in [0.15, 0.2) is 59.8 Å². The number of hydrogen-bond donors (Lipinski definition) is 2. The van der Waals surface area contributed by atoms with Gasteiger partial charge in [-0.1, -0.05) is 42.1 Å². The summed E-state index contributed by atoms with van der Waals surface area (Å²) in [5.41, 5.74) is 4.64. The van der Waals surface area contributed by atoms with Crippen LogP contribution in [0.2, 0.25) is 0 Å². The number of hydrogen-bond acceptors (Lipinski definition) is 6. The van der Waals surface area contributed by atoms with Gasteiger partial charge in [0.05, 0.1) is 6.10 Å². The Morgan fingerprint density at radius 3 is 2.50 bits per heavy atom. The summed E-state index contributed by atoms with van der Waals surface area (Å²) in [7, 11) is 0. The van der Waals surface area contributed by atoms with Crippen LogP contribution >= 0.6 is 24.0 Å². The Bertz CT molecular complexity index is 1000. The Morgan fingerprint density at radius 1 is 1.13 bits per heavy atom.